The Morgan fingerprint density at radius 1 is 0.600 bits per heavy atom. The van der Waals surface area contributed by atoms with Crippen LogP contribution < -0.4 is 4.90 Å². The molecule has 0 aliphatic rings. The number of rotatable bonds is 13. The van der Waals surface area contributed by atoms with Crippen LogP contribution in [0.25, 0.3) is 59.6 Å². The summed E-state index contributed by atoms with van der Waals surface area (Å²) < 4.78 is 0. The van der Waals surface area contributed by atoms with E-state index in [9.17, 15) is 14.9 Å². The smallest absolute Gasteiger partial charge is 0.303 e. The van der Waals surface area contributed by atoms with E-state index in [-0.39, 0.29) is 24.2 Å². The summed E-state index contributed by atoms with van der Waals surface area (Å²) in [6, 6.07) is 53.7. The fourth-order valence-electron chi connectivity index (χ4n) is 7.58. The molecule has 0 bridgehead atoms. The number of thiophene rings is 1. The average molecular weight is 735 g/mol. The van der Waals surface area contributed by atoms with Crippen LogP contribution in [0.5, 0.6) is 0 Å². The highest BCUT2D eigenvalue weighted by atomic mass is 32.1. The van der Waals surface area contributed by atoms with E-state index in [0.29, 0.717) is 12.8 Å². The van der Waals surface area contributed by atoms with Crippen molar-refractivity contribution in [2.24, 2.45) is 0 Å². The molecule has 0 fully saturated rings. The summed E-state index contributed by atoms with van der Waals surface area (Å²) in [6.45, 7) is 0. The lowest BCUT2D eigenvalue weighted by Gasteiger charge is -2.30. The van der Waals surface area contributed by atoms with Crippen molar-refractivity contribution in [2.45, 2.75) is 38.5 Å². The van der Waals surface area contributed by atoms with Gasteiger partial charge in [0, 0.05) is 50.3 Å². The zero-order chi connectivity index (χ0) is 37.7. The van der Waals surface area contributed by atoms with Crippen LogP contribution in [0.1, 0.15) is 43.4 Å². The number of fused-ring (bicyclic) bond motifs is 4. The summed E-state index contributed by atoms with van der Waals surface area (Å²) in [7, 11) is 0. The van der Waals surface area contributed by atoms with E-state index in [1.807, 2.05) is 6.07 Å². The molecule has 1 N–H and O–H groups in total. The summed E-state index contributed by atoms with van der Waals surface area (Å²) in [5, 5.41) is 28.0. The Balaban J connectivity index is 1.24. The minimum absolute atomic E-state index is 0.137. The number of carbonyl (C=O) groups is 2. The number of carboxylic acids is 1. The van der Waals surface area contributed by atoms with Crippen LogP contribution in [0.4, 0.5) is 17.1 Å². The fraction of sp³-hybridized carbons (Fsp3) is 0.122. The average Bonchev–Trinajstić information content (AvgIpc) is 3.68. The topological polar surface area (TPSA) is 81.4 Å². The predicted octanol–water partition coefficient (Wildman–Crippen LogP) is 13.4. The van der Waals surface area contributed by atoms with Crippen LogP contribution >= 0.6 is 11.3 Å². The molecule has 0 unspecified atom stereocenters. The number of nitrogens with zero attached hydrogens (tertiary/aromatic N) is 2. The summed E-state index contributed by atoms with van der Waals surface area (Å²) >= 11 is 1.58. The lowest BCUT2D eigenvalue weighted by atomic mass is 9.92. The molecule has 0 saturated carbocycles. The van der Waals surface area contributed by atoms with Gasteiger partial charge in [0.1, 0.15) is 6.07 Å². The van der Waals surface area contributed by atoms with Gasteiger partial charge in [0.05, 0.1) is 11.3 Å². The maximum absolute atomic E-state index is 13.0. The summed E-state index contributed by atoms with van der Waals surface area (Å²) in [4.78, 5) is 28.1. The van der Waals surface area contributed by atoms with Crippen molar-refractivity contribution in [3.63, 3.8) is 0 Å². The molecule has 5 nitrogen and oxygen atoms in total. The molecule has 268 valence electrons. The number of benzene rings is 7. The molecule has 6 heteroatoms. The molecule has 0 amide bonds. The number of nitriles is 1. The second-order valence-corrected chi connectivity index (χ2v) is 14.9. The van der Waals surface area contributed by atoms with Crippen molar-refractivity contribution in [1.29, 1.82) is 5.26 Å². The SMILES string of the molecule is N#C/C(=C\c1ccc(-c2c3ccccc3c(N(c3ccc4ccccc4c3)c3ccc4ccccc4c3)c3ccccc23)s1)C(=O)CCCCCCC(=O)O. The minimum Gasteiger partial charge on any atom is -0.481 e. The molecule has 0 radical (unpaired) electrons. The molecule has 1 heterocycles. The number of aliphatic carboxylic acids is 1. The number of carboxylic acid groups (broad SMARTS) is 1. The number of hydrogen-bond donors (Lipinski definition) is 1. The summed E-state index contributed by atoms with van der Waals surface area (Å²) in [5.41, 5.74) is 4.48. The Morgan fingerprint density at radius 2 is 1.11 bits per heavy atom. The van der Waals surface area contributed by atoms with E-state index in [1.165, 1.54) is 21.5 Å². The van der Waals surface area contributed by atoms with Gasteiger partial charge in [0.15, 0.2) is 5.78 Å². The summed E-state index contributed by atoms with van der Waals surface area (Å²) in [5.74, 6) is -0.986. The first-order valence-corrected chi connectivity index (χ1v) is 19.5. The molecule has 55 heavy (non-hydrogen) atoms. The van der Waals surface area contributed by atoms with E-state index >= 15 is 0 Å². The normalized spacial score (nSPS) is 11.7. The molecule has 0 atom stereocenters. The van der Waals surface area contributed by atoms with Gasteiger partial charge in [-0.2, -0.15) is 5.26 Å². The lowest BCUT2D eigenvalue weighted by Crippen LogP contribution is -2.11. The van der Waals surface area contributed by atoms with Crippen LogP contribution in [0.15, 0.2) is 151 Å². The van der Waals surface area contributed by atoms with Crippen LogP contribution in [0, 0.1) is 11.3 Å². The van der Waals surface area contributed by atoms with Gasteiger partial charge in [-0.1, -0.05) is 122 Å². The van der Waals surface area contributed by atoms with E-state index in [1.54, 1.807) is 17.4 Å². The van der Waals surface area contributed by atoms with Crippen molar-refractivity contribution >= 4 is 89.3 Å². The van der Waals surface area contributed by atoms with Crippen molar-refractivity contribution in [2.75, 3.05) is 4.90 Å². The van der Waals surface area contributed by atoms with Crippen LogP contribution in [0.3, 0.4) is 0 Å². The Hall–Kier alpha value is -6.55. The first-order valence-electron chi connectivity index (χ1n) is 18.7. The quantitative estimate of drug-likeness (QED) is 0.0552. The van der Waals surface area contributed by atoms with Gasteiger partial charge in [0.2, 0.25) is 0 Å². The monoisotopic (exact) mass is 734 g/mol. The van der Waals surface area contributed by atoms with Gasteiger partial charge in [-0.25, -0.2) is 0 Å². The van der Waals surface area contributed by atoms with E-state index in [4.69, 9.17) is 5.11 Å². The van der Waals surface area contributed by atoms with Crippen molar-refractivity contribution < 1.29 is 14.7 Å². The zero-order valence-corrected chi connectivity index (χ0v) is 31.1. The fourth-order valence-corrected chi connectivity index (χ4v) is 8.61. The van der Waals surface area contributed by atoms with Crippen LogP contribution in [-0.4, -0.2) is 16.9 Å². The van der Waals surface area contributed by atoms with Crippen molar-refractivity contribution in [3.8, 4) is 16.5 Å². The molecular weight excluding hydrogens is 697 g/mol. The van der Waals surface area contributed by atoms with Crippen molar-refractivity contribution in [1.82, 2.24) is 0 Å². The zero-order valence-electron chi connectivity index (χ0n) is 30.2. The molecule has 1 aromatic heterocycles. The molecule has 8 rings (SSSR count). The second kappa shape index (κ2) is 15.8. The van der Waals surface area contributed by atoms with Crippen LogP contribution in [-0.2, 0) is 9.59 Å². The first kappa shape index (κ1) is 35.5. The molecule has 0 aliphatic heterocycles. The lowest BCUT2D eigenvalue weighted by molar-refractivity contribution is -0.137. The van der Waals surface area contributed by atoms with Crippen molar-refractivity contribution in [3.05, 3.63) is 156 Å². The van der Waals surface area contributed by atoms with Gasteiger partial charge in [-0.15, -0.1) is 11.3 Å². The van der Waals surface area contributed by atoms with Gasteiger partial charge in [-0.05, 0) is 87.6 Å². The number of Topliss-reactive ketones (excluding diaryl/α,β-unsaturated/α-hetero) is 1. The maximum atomic E-state index is 13.0. The Morgan fingerprint density at radius 3 is 1.65 bits per heavy atom. The number of ketones is 1. The van der Waals surface area contributed by atoms with E-state index < -0.39 is 5.97 Å². The molecule has 8 aromatic rings. The Kier molecular flexibility index (Phi) is 10.2. The largest absolute Gasteiger partial charge is 0.481 e. The molecule has 0 aliphatic carbocycles. The highest BCUT2D eigenvalue weighted by Gasteiger charge is 2.23. The summed E-state index contributed by atoms with van der Waals surface area (Å²) in [6.07, 6.45) is 4.86. The number of anilines is 3. The number of allylic oxidation sites excluding steroid dienone is 1. The van der Waals surface area contributed by atoms with Gasteiger partial charge in [-0.3, -0.25) is 9.59 Å². The Bertz CT molecular complexity index is 2670. The van der Waals surface area contributed by atoms with E-state index in [0.717, 1.165) is 66.8 Å². The third kappa shape index (κ3) is 7.35. The van der Waals surface area contributed by atoms with Gasteiger partial charge in [0.25, 0.3) is 0 Å². The molecule has 0 saturated heterocycles. The highest BCUT2D eigenvalue weighted by Crippen LogP contribution is 2.49. The molecular formula is C49H38N2O3S. The minimum atomic E-state index is -0.804. The number of unbranched alkanes of at least 4 members (excludes halogenated alkanes) is 3. The Labute approximate surface area is 324 Å². The molecule has 7 aromatic carbocycles. The number of carbonyl (C=O) groups excluding carboxylic acids is 1. The number of hydrogen-bond acceptors (Lipinski definition) is 5. The third-order valence-corrected chi connectivity index (χ3v) is 11.3. The van der Waals surface area contributed by atoms with Gasteiger partial charge >= 0.3 is 5.97 Å². The second-order valence-electron chi connectivity index (χ2n) is 13.8. The maximum Gasteiger partial charge on any atom is 0.303 e. The van der Waals surface area contributed by atoms with Gasteiger partial charge < -0.3 is 10.0 Å². The standard InChI is InChI=1S/C49H38N2O3S/c50-32-37(45(52)21-3-1-2-4-22-47(53)54)31-40-27-28-46(55-40)48-41-17-9-11-19-43(41)49(44-20-12-10-18-42(44)48)51(38-25-23-33-13-5-7-15-35(33)29-38)39-26-24-34-14-6-8-16-36(34)30-39/h5-20,23-31H,1-4,21-22H2,(H,53,54)/b37-31+. The highest BCUT2D eigenvalue weighted by molar-refractivity contribution is 7.16. The third-order valence-electron chi connectivity index (χ3n) is 10.2. The first-order chi connectivity index (χ1) is 27.0. The molecule has 0 spiro atoms. The predicted molar refractivity (Wildman–Crippen MR) is 228 cm³/mol. The van der Waals surface area contributed by atoms with E-state index in [2.05, 4.69) is 150 Å². The van der Waals surface area contributed by atoms with Crippen LogP contribution in [0.2, 0.25) is 0 Å².